The smallest absolute Gasteiger partial charge is 0.0542 e. The Balaban J connectivity index is 2.17. The van der Waals surface area contributed by atoms with Crippen molar-refractivity contribution in [1.82, 2.24) is 10.2 Å². The third kappa shape index (κ3) is 3.72. The van der Waals surface area contributed by atoms with Gasteiger partial charge in [0, 0.05) is 34.2 Å². The van der Waals surface area contributed by atoms with Crippen LogP contribution in [0.2, 0.25) is 10.0 Å². The number of hydrogen-bond acceptors (Lipinski definition) is 2. The van der Waals surface area contributed by atoms with Gasteiger partial charge in [-0.25, -0.2) is 0 Å². The molecule has 0 fully saturated rings. The van der Waals surface area contributed by atoms with Gasteiger partial charge in [-0.2, -0.15) is 0 Å². The molecule has 0 radical (unpaired) electrons. The minimum Gasteiger partial charge on any atom is -0.379 e. The van der Waals surface area contributed by atoms with Gasteiger partial charge in [0.25, 0.3) is 0 Å². The maximum atomic E-state index is 6.18. The lowest BCUT2D eigenvalue weighted by Crippen LogP contribution is -2.23. The Morgan fingerprint density at radius 1 is 1.29 bits per heavy atom. The van der Waals surface area contributed by atoms with Crippen LogP contribution < -0.4 is 5.32 Å². The SMILES string of the molecule is C=C1C=CC(NCc2cc(Cl)ccc2Cl)=C(C)N1/C=C\C. The van der Waals surface area contributed by atoms with Gasteiger partial charge in [-0.15, -0.1) is 0 Å². The van der Waals surface area contributed by atoms with Crippen molar-refractivity contribution in [3.63, 3.8) is 0 Å². The Morgan fingerprint density at radius 3 is 2.76 bits per heavy atom. The number of nitrogens with one attached hydrogen (secondary N) is 1. The van der Waals surface area contributed by atoms with E-state index in [9.17, 15) is 0 Å². The summed E-state index contributed by atoms with van der Waals surface area (Å²) in [5.41, 5.74) is 4.05. The van der Waals surface area contributed by atoms with Crippen molar-refractivity contribution in [2.45, 2.75) is 20.4 Å². The summed E-state index contributed by atoms with van der Waals surface area (Å²) in [6.45, 7) is 8.68. The fourth-order valence-electron chi connectivity index (χ4n) is 2.14. The van der Waals surface area contributed by atoms with E-state index in [0.717, 1.165) is 22.7 Å². The van der Waals surface area contributed by atoms with E-state index in [1.165, 1.54) is 0 Å². The minimum absolute atomic E-state index is 0.618. The second kappa shape index (κ2) is 6.88. The van der Waals surface area contributed by atoms with Crippen molar-refractivity contribution in [3.05, 3.63) is 81.9 Å². The lowest BCUT2D eigenvalue weighted by atomic mass is 10.1. The van der Waals surface area contributed by atoms with Crippen molar-refractivity contribution >= 4 is 23.2 Å². The molecule has 0 unspecified atom stereocenters. The van der Waals surface area contributed by atoms with Crippen molar-refractivity contribution in [2.24, 2.45) is 0 Å². The number of hydrogen-bond donors (Lipinski definition) is 1. The molecule has 1 aromatic carbocycles. The molecule has 1 aliphatic heterocycles. The molecule has 21 heavy (non-hydrogen) atoms. The number of nitrogens with zero attached hydrogens (tertiary/aromatic N) is 1. The largest absolute Gasteiger partial charge is 0.379 e. The summed E-state index contributed by atoms with van der Waals surface area (Å²) in [6.07, 6.45) is 7.99. The van der Waals surface area contributed by atoms with E-state index in [0.29, 0.717) is 16.6 Å². The van der Waals surface area contributed by atoms with Gasteiger partial charge in [0.15, 0.2) is 0 Å². The Morgan fingerprint density at radius 2 is 2.05 bits per heavy atom. The lowest BCUT2D eigenvalue weighted by Gasteiger charge is -2.27. The van der Waals surface area contributed by atoms with Crippen LogP contribution in [0, 0.1) is 0 Å². The molecule has 1 heterocycles. The normalized spacial score (nSPS) is 15.2. The quantitative estimate of drug-likeness (QED) is 0.816. The molecular formula is C17H18Cl2N2. The zero-order chi connectivity index (χ0) is 15.4. The second-order valence-corrected chi connectivity index (χ2v) is 5.61. The molecule has 4 heteroatoms. The van der Waals surface area contributed by atoms with Crippen LogP contribution in [0.15, 0.2) is 66.3 Å². The zero-order valence-electron chi connectivity index (χ0n) is 12.2. The highest BCUT2D eigenvalue weighted by atomic mass is 35.5. The fourth-order valence-corrected chi connectivity index (χ4v) is 2.52. The number of allylic oxidation sites excluding steroid dienone is 4. The number of halogens is 2. The third-order valence-electron chi connectivity index (χ3n) is 3.28. The molecule has 1 N–H and O–H groups in total. The fraction of sp³-hybridized carbons (Fsp3) is 0.176. The molecule has 0 aromatic heterocycles. The van der Waals surface area contributed by atoms with E-state index >= 15 is 0 Å². The van der Waals surface area contributed by atoms with Crippen LogP contribution in [0.1, 0.15) is 19.4 Å². The topological polar surface area (TPSA) is 15.3 Å². The first-order valence-electron chi connectivity index (χ1n) is 6.70. The molecule has 2 nitrogen and oxygen atoms in total. The van der Waals surface area contributed by atoms with E-state index in [4.69, 9.17) is 23.2 Å². The highest BCUT2D eigenvalue weighted by Gasteiger charge is 2.13. The Labute approximate surface area is 136 Å². The first-order chi connectivity index (χ1) is 10.0. The van der Waals surface area contributed by atoms with Crippen LogP contribution in [0.25, 0.3) is 0 Å². The van der Waals surface area contributed by atoms with Gasteiger partial charge in [0.2, 0.25) is 0 Å². The van der Waals surface area contributed by atoms with Crippen LogP contribution in [0.4, 0.5) is 0 Å². The molecule has 110 valence electrons. The van der Waals surface area contributed by atoms with Gasteiger partial charge < -0.3 is 10.2 Å². The van der Waals surface area contributed by atoms with Gasteiger partial charge in [-0.1, -0.05) is 35.9 Å². The van der Waals surface area contributed by atoms with Crippen molar-refractivity contribution in [3.8, 4) is 0 Å². The Bertz CT molecular complexity index is 642. The second-order valence-electron chi connectivity index (χ2n) is 4.77. The predicted octanol–water partition coefficient (Wildman–Crippen LogP) is 5.23. The number of rotatable bonds is 4. The Kier molecular flexibility index (Phi) is 5.16. The van der Waals surface area contributed by atoms with Crippen molar-refractivity contribution < 1.29 is 0 Å². The molecule has 0 atom stereocenters. The predicted molar refractivity (Wildman–Crippen MR) is 90.9 cm³/mol. The number of benzene rings is 1. The first kappa shape index (κ1) is 15.7. The van der Waals surface area contributed by atoms with Crippen LogP contribution in [-0.4, -0.2) is 4.90 Å². The van der Waals surface area contributed by atoms with Gasteiger partial charge in [-0.05, 0) is 49.8 Å². The van der Waals surface area contributed by atoms with Gasteiger partial charge >= 0.3 is 0 Å². The summed E-state index contributed by atoms with van der Waals surface area (Å²) >= 11 is 12.2. The summed E-state index contributed by atoms with van der Waals surface area (Å²) in [5, 5.41) is 4.79. The van der Waals surface area contributed by atoms with Crippen LogP contribution in [0.3, 0.4) is 0 Å². The molecule has 0 bridgehead atoms. The van der Waals surface area contributed by atoms with E-state index in [-0.39, 0.29) is 0 Å². The van der Waals surface area contributed by atoms with Crippen LogP contribution in [-0.2, 0) is 6.54 Å². The van der Waals surface area contributed by atoms with E-state index in [1.807, 2.05) is 48.4 Å². The molecule has 0 aliphatic carbocycles. The van der Waals surface area contributed by atoms with E-state index < -0.39 is 0 Å². The molecule has 0 saturated carbocycles. The highest BCUT2D eigenvalue weighted by molar-refractivity contribution is 6.33. The average Bonchev–Trinajstić information content (AvgIpc) is 2.46. The zero-order valence-corrected chi connectivity index (χ0v) is 13.7. The van der Waals surface area contributed by atoms with Crippen LogP contribution in [0.5, 0.6) is 0 Å². The maximum Gasteiger partial charge on any atom is 0.0542 e. The van der Waals surface area contributed by atoms with Gasteiger partial charge in [-0.3, -0.25) is 0 Å². The summed E-state index contributed by atoms with van der Waals surface area (Å²) < 4.78 is 0. The Hall–Kier alpha value is -1.64. The molecule has 1 aromatic rings. The van der Waals surface area contributed by atoms with Gasteiger partial charge in [0.1, 0.15) is 0 Å². The summed E-state index contributed by atoms with van der Waals surface area (Å²) in [6, 6.07) is 5.48. The lowest BCUT2D eigenvalue weighted by molar-refractivity contribution is 0.568. The molecule has 1 aliphatic rings. The minimum atomic E-state index is 0.618. The molecule has 0 amide bonds. The highest BCUT2D eigenvalue weighted by Crippen LogP contribution is 2.24. The first-order valence-corrected chi connectivity index (χ1v) is 7.46. The molecule has 0 spiro atoms. The molecular weight excluding hydrogens is 303 g/mol. The monoisotopic (exact) mass is 320 g/mol. The third-order valence-corrected chi connectivity index (χ3v) is 3.88. The summed E-state index contributed by atoms with van der Waals surface area (Å²) in [4.78, 5) is 2.04. The van der Waals surface area contributed by atoms with E-state index in [2.05, 4.69) is 18.8 Å². The van der Waals surface area contributed by atoms with E-state index in [1.54, 1.807) is 6.07 Å². The van der Waals surface area contributed by atoms with Gasteiger partial charge in [0.05, 0.1) is 5.70 Å². The van der Waals surface area contributed by atoms with Crippen molar-refractivity contribution in [1.29, 1.82) is 0 Å². The molecule has 2 rings (SSSR count). The molecule has 0 saturated heterocycles. The summed E-state index contributed by atoms with van der Waals surface area (Å²) in [7, 11) is 0. The van der Waals surface area contributed by atoms with Crippen LogP contribution >= 0.6 is 23.2 Å². The standard InChI is InChI=1S/C17H18Cl2N2/c1-4-9-21-12(2)5-8-17(13(21)3)20-11-14-10-15(18)6-7-16(14)19/h4-10,20H,2,11H2,1,3H3/b9-4-. The maximum absolute atomic E-state index is 6.18. The average molecular weight is 321 g/mol. The summed E-state index contributed by atoms with van der Waals surface area (Å²) in [5.74, 6) is 0. The van der Waals surface area contributed by atoms with Crippen molar-refractivity contribution in [2.75, 3.05) is 0 Å².